The highest BCUT2D eigenvalue weighted by Crippen LogP contribution is 2.28. The van der Waals surface area contributed by atoms with Crippen molar-refractivity contribution in [3.05, 3.63) is 27.3 Å². The summed E-state index contributed by atoms with van der Waals surface area (Å²) in [6, 6.07) is 1.70. The Labute approximate surface area is 89.0 Å². The van der Waals surface area contributed by atoms with Crippen LogP contribution in [0.25, 0.3) is 0 Å². The normalized spacial score (nSPS) is 11.6. The van der Waals surface area contributed by atoms with Crippen molar-refractivity contribution in [2.75, 3.05) is 0 Å². The van der Waals surface area contributed by atoms with Gasteiger partial charge in [0.05, 0.1) is 3.57 Å². The van der Waals surface area contributed by atoms with Gasteiger partial charge in [-0.25, -0.2) is 4.39 Å². The molecular weight excluding hydrogens is 322 g/mol. The van der Waals surface area contributed by atoms with E-state index in [1.165, 1.54) is 22.6 Å². The number of rotatable bonds is 1. The molecule has 0 bridgehead atoms. The molecule has 1 rings (SSSR count). The van der Waals surface area contributed by atoms with Gasteiger partial charge in [-0.05, 0) is 34.7 Å². The summed E-state index contributed by atoms with van der Waals surface area (Å²) in [6.45, 7) is 0. The van der Waals surface area contributed by atoms with Crippen molar-refractivity contribution < 1.29 is 26.7 Å². The third-order valence-electron chi connectivity index (χ3n) is 1.23. The summed E-state index contributed by atoms with van der Waals surface area (Å²) in [5, 5.41) is 0. The number of hydrogen-bond donors (Lipinski definition) is 0. The molecule has 78 valence electrons. The molecule has 0 aliphatic carbocycles. The highest BCUT2D eigenvalue weighted by Gasteiger charge is 2.33. The Hall–Kier alpha value is -0.600. The van der Waals surface area contributed by atoms with Crippen molar-refractivity contribution in [1.29, 1.82) is 0 Å². The maximum absolute atomic E-state index is 12.8. The molecule has 0 saturated carbocycles. The zero-order valence-electron chi connectivity index (χ0n) is 6.33. The third kappa shape index (κ3) is 2.69. The monoisotopic (exact) mass is 324 g/mol. The van der Waals surface area contributed by atoms with Crippen LogP contribution in [0.2, 0.25) is 0 Å². The van der Waals surface area contributed by atoms with Gasteiger partial charge < -0.3 is 4.74 Å². The molecule has 0 atom stereocenters. The van der Waals surface area contributed by atoms with Gasteiger partial charge in [0.1, 0.15) is 0 Å². The number of ether oxygens (including phenoxy) is 1. The molecule has 0 heterocycles. The molecule has 1 aromatic carbocycles. The first-order valence-electron chi connectivity index (χ1n) is 3.20. The van der Waals surface area contributed by atoms with Gasteiger partial charge in [0.25, 0.3) is 0 Å². The van der Waals surface area contributed by atoms with Crippen molar-refractivity contribution in [2.24, 2.45) is 0 Å². The maximum Gasteiger partial charge on any atom is 0.573 e. The third-order valence-corrected chi connectivity index (χ3v) is 2.06. The van der Waals surface area contributed by atoms with Gasteiger partial charge in [0.15, 0.2) is 11.6 Å². The minimum atomic E-state index is -5.03. The number of alkyl halides is 3. The van der Waals surface area contributed by atoms with Crippen LogP contribution in [0.15, 0.2) is 12.1 Å². The average molecular weight is 324 g/mol. The molecule has 0 N–H and O–H groups in total. The van der Waals surface area contributed by atoms with E-state index in [1.807, 2.05) is 0 Å². The van der Waals surface area contributed by atoms with Crippen LogP contribution in [0.4, 0.5) is 22.0 Å². The summed E-state index contributed by atoms with van der Waals surface area (Å²) in [4.78, 5) is 0. The van der Waals surface area contributed by atoms with Crippen LogP contribution in [-0.4, -0.2) is 6.36 Å². The lowest BCUT2D eigenvalue weighted by molar-refractivity contribution is -0.275. The van der Waals surface area contributed by atoms with Crippen LogP contribution >= 0.6 is 22.6 Å². The van der Waals surface area contributed by atoms with E-state index in [0.717, 1.165) is 6.07 Å². The summed E-state index contributed by atoms with van der Waals surface area (Å²) in [7, 11) is 0. The van der Waals surface area contributed by atoms with E-state index in [0.29, 0.717) is 6.07 Å². The molecule has 0 amide bonds. The minimum Gasteiger partial charge on any atom is -0.403 e. The molecule has 0 aliphatic heterocycles. The summed E-state index contributed by atoms with van der Waals surface area (Å²) >= 11 is 1.45. The van der Waals surface area contributed by atoms with Gasteiger partial charge in [0, 0.05) is 0 Å². The Bertz CT molecular complexity index is 349. The lowest BCUT2D eigenvalue weighted by atomic mass is 10.3. The molecule has 0 aliphatic rings. The van der Waals surface area contributed by atoms with E-state index < -0.39 is 23.7 Å². The summed E-state index contributed by atoms with van der Waals surface area (Å²) in [5.74, 6) is -4.17. The summed E-state index contributed by atoms with van der Waals surface area (Å²) < 4.78 is 63.6. The predicted molar refractivity (Wildman–Crippen MR) is 45.8 cm³/mol. The highest BCUT2D eigenvalue weighted by molar-refractivity contribution is 14.1. The largest absolute Gasteiger partial charge is 0.573 e. The van der Waals surface area contributed by atoms with Crippen LogP contribution in [-0.2, 0) is 0 Å². The van der Waals surface area contributed by atoms with Crippen LogP contribution in [0.1, 0.15) is 0 Å². The average Bonchev–Trinajstić information content (AvgIpc) is 2.04. The zero-order valence-corrected chi connectivity index (χ0v) is 8.49. The van der Waals surface area contributed by atoms with E-state index in [2.05, 4.69) is 4.74 Å². The fraction of sp³-hybridized carbons (Fsp3) is 0.143. The van der Waals surface area contributed by atoms with E-state index >= 15 is 0 Å². The molecule has 7 heteroatoms. The molecule has 0 unspecified atom stereocenters. The second-order valence-electron chi connectivity index (χ2n) is 2.22. The number of halogens is 6. The fourth-order valence-electron chi connectivity index (χ4n) is 0.712. The lowest BCUT2D eigenvalue weighted by Gasteiger charge is -2.09. The van der Waals surface area contributed by atoms with Gasteiger partial charge >= 0.3 is 6.36 Å². The standard InChI is InChI=1S/C7H2F5IO/c8-5-3(13)1-2-4(6(5)9)14-7(10,11)12/h1-2H. The quantitative estimate of drug-likeness (QED) is 0.437. The number of hydrogen-bond acceptors (Lipinski definition) is 1. The summed E-state index contributed by atoms with van der Waals surface area (Å²) in [6.07, 6.45) is -5.03. The van der Waals surface area contributed by atoms with Gasteiger partial charge in [-0.1, -0.05) is 0 Å². The molecule has 0 aromatic heterocycles. The van der Waals surface area contributed by atoms with E-state index in [4.69, 9.17) is 0 Å². The zero-order chi connectivity index (χ0) is 10.9. The van der Waals surface area contributed by atoms with Crippen LogP contribution in [0.5, 0.6) is 5.75 Å². The van der Waals surface area contributed by atoms with Crippen molar-refractivity contribution >= 4 is 22.6 Å². The van der Waals surface area contributed by atoms with Crippen molar-refractivity contribution in [2.45, 2.75) is 6.36 Å². The topological polar surface area (TPSA) is 9.23 Å². The first-order valence-corrected chi connectivity index (χ1v) is 4.28. The maximum atomic E-state index is 12.8. The molecule has 14 heavy (non-hydrogen) atoms. The minimum absolute atomic E-state index is 0.116. The fourth-order valence-corrected chi connectivity index (χ4v) is 1.13. The Morgan fingerprint density at radius 2 is 1.64 bits per heavy atom. The van der Waals surface area contributed by atoms with Crippen molar-refractivity contribution in [3.63, 3.8) is 0 Å². The smallest absolute Gasteiger partial charge is 0.403 e. The first-order chi connectivity index (χ1) is 6.31. The molecule has 0 fully saturated rings. The van der Waals surface area contributed by atoms with Crippen LogP contribution in [0.3, 0.4) is 0 Å². The van der Waals surface area contributed by atoms with Gasteiger partial charge in [-0.3, -0.25) is 0 Å². The first kappa shape index (κ1) is 11.5. The second-order valence-corrected chi connectivity index (χ2v) is 3.38. The Morgan fingerprint density at radius 1 is 1.07 bits per heavy atom. The molecular formula is C7H2F5IO. The van der Waals surface area contributed by atoms with E-state index in [9.17, 15) is 22.0 Å². The SMILES string of the molecule is Fc1c(I)ccc(OC(F)(F)F)c1F. The molecule has 0 radical (unpaired) electrons. The molecule has 1 aromatic rings. The predicted octanol–water partition coefficient (Wildman–Crippen LogP) is 3.47. The summed E-state index contributed by atoms with van der Waals surface area (Å²) in [5.41, 5.74) is 0. The Balaban J connectivity index is 3.06. The molecule has 0 saturated heterocycles. The Morgan fingerprint density at radius 3 is 2.14 bits per heavy atom. The van der Waals surface area contributed by atoms with Gasteiger partial charge in [0.2, 0.25) is 5.82 Å². The highest BCUT2D eigenvalue weighted by atomic mass is 127. The lowest BCUT2D eigenvalue weighted by Crippen LogP contribution is -2.18. The van der Waals surface area contributed by atoms with Crippen molar-refractivity contribution in [3.8, 4) is 5.75 Å². The van der Waals surface area contributed by atoms with Crippen molar-refractivity contribution in [1.82, 2.24) is 0 Å². The molecule has 0 spiro atoms. The number of benzene rings is 1. The van der Waals surface area contributed by atoms with Gasteiger partial charge in [-0.15, -0.1) is 13.2 Å². The molecule has 1 nitrogen and oxygen atoms in total. The van der Waals surface area contributed by atoms with Gasteiger partial charge in [-0.2, -0.15) is 4.39 Å². The Kier molecular flexibility index (Phi) is 3.17. The second kappa shape index (κ2) is 3.87. The van der Waals surface area contributed by atoms with Crippen LogP contribution < -0.4 is 4.74 Å². The van der Waals surface area contributed by atoms with Crippen LogP contribution in [0, 0.1) is 15.2 Å². The van der Waals surface area contributed by atoms with E-state index in [1.54, 1.807) is 0 Å². The van der Waals surface area contributed by atoms with E-state index in [-0.39, 0.29) is 3.57 Å².